The number of nitrogens with zero attached hydrogens (tertiary/aromatic N) is 1. The number of primary amides is 1. The van der Waals surface area contributed by atoms with Gasteiger partial charge in [0, 0.05) is 18.2 Å². The van der Waals surface area contributed by atoms with E-state index in [-0.39, 0.29) is 23.9 Å². The Hall–Kier alpha value is -2.63. The smallest absolute Gasteiger partial charge is 0.329 e. The molecule has 1 aromatic rings. The summed E-state index contributed by atoms with van der Waals surface area (Å²) in [5.74, 6) is -0.837. The monoisotopic (exact) mass is 372 g/mol. The van der Waals surface area contributed by atoms with Crippen molar-refractivity contribution in [2.24, 2.45) is 5.73 Å². The van der Waals surface area contributed by atoms with Gasteiger partial charge in [0.05, 0.1) is 6.10 Å². The van der Waals surface area contributed by atoms with Crippen molar-refractivity contribution in [1.29, 1.82) is 0 Å². The molecule has 1 heterocycles. The van der Waals surface area contributed by atoms with Gasteiger partial charge in [0.25, 0.3) is 5.91 Å². The number of hydrogen-bond donors (Lipinski definition) is 1. The van der Waals surface area contributed by atoms with Crippen LogP contribution in [0.2, 0.25) is 0 Å². The van der Waals surface area contributed by atoms with Crippen LogP contribution in [-0.2, 0) is 14.3 Å². The maximum absolute atomic E-state index is 12.6. The fourth-order valence-electron chi connectivity index (χ4n) is 3.09. The molecule has 2 atom stereocenters. The first kappa shape index (κ1) is 20.7. The Morgan fingerprint density at radius 2 is 1.85 bits per heavy atom. The molecule has 6 nitrogen and oxygen atoms in total. The number of amides is 2. The van der Waals surface area contributed by atoms with Crippen molar-refractivity contribution in [2.45, 2.75) is 64.0 Å². The van der Waals surface area contributed by atoms with E-state index in [1.165, 1.54) is 4.90 Å². The van der Waals surface area contributed by atoms with Crippen molar-refractivity contribution in [2.75, 3.05) is 0 Å². The lowest BCUT2D eigenvalue weighted by atomic mass is 10.1. The molecule has 146 valence electrons. The van der Waals surface area contributed by atoms with Crippen LogP contribution >= 0.6 is 0 Å². The lowest BCUT2D eigenvalue weighted by molar-refractivity contribution is -0.152. The molecule has 1 aliphatic heterocycles. The Morgan fingerprint density at radius 3 is 2.56 bits per heavy atom. The second kappa shape index (κ2) is 10.5. The van der Waals surface area contributed by atoms with Crippen LogP contribution in [0.1, 0.15) is 62.2 Å². The summed E-state index contributed by atoms with van der Waals surface area (Å²) in [6.07, 6.45) is 8.55. The number of nitrogens with two attached hydrogens (primary N) is 1. The molecule has 0 saturated heterocycles. The fourth-order valence-corrected chi connectivity index (χ4v) is 3.09. The number of carbonyl (C=O) groups is 3. The van der Waals surface area contributed by atoms with Gasteiger partial charge in [-0.3, -0.25) is 9.59 Å². The third kappa shape index (κ3) is 6.55. The predicted molar refractivity (Wildman–Crippen MR) is 103 cm³/mol. The number of rotatable bonds is 10. The lowest BCUT2D eigenvalue weighted by Crippen LogP contribution is -2.40. The Kier molecular flexibility index (Phi) is 8.04. The van der Waals surface area contributed by atoms with E-state index in [1.807, 2.05) is 19.1 Å². The molecule has 0 aromatic heterocycles. The molecule has 1 aromatic carbocycles. The average molecular weight is 372 g/mol. The van der Waals surface area contributed by atoms with Crippen molar-refractivity contribution < 1.29 is 19.1 Å². The molecular formula is C21H28N2O4. The molecule has 2 N–H and O–H groups in total. The molecule has 6 heteroatoms. The number of hydrogen-bond acceptors (Lipinski definition) is 4. The van der Waals surface area contributed by atoms with E-state index >= 15 is 0 Å². The topological polar surface area (TPSA) is 89.7 Å². The second-order valence-corrected chi connectivity index (χ2v) is 6.88. The van der Waals surface area contributed by atoms with Gasteiger partial charge >= 0.3 is 5.97 Å². The quantitative estimate of drug-likeness (QED) is 0.504. The number of unbranched alkanes of at least 4 members (excludes halogenated alkanes) is 3. The SMILES string of the molecule is C[C@H](CCCCCCC(N)=O)OC(=O)[C@@H]1CC=CN1C(=O)c1ccccc1. The van der Waals surface area contributed by atoms with Crippen molar-refractivity contribution in [1.82, 2.24) is 4.90 Å². The van der Waals surface area contributed by atoms with E-state index in [0.29, 0.717) is 18.4 Å². The summed E-state index contributed by atoms with van der Waals surface area (Å²) >= 11 is 0. The summed E-state index contributed by atoms with van der Waals surface area (Å²) in [6, 6.07) is 8.31. The minimum atomic E-state index is -0.601. The second-order valence-electron chi connectivity index (χ2n) is 6.88. The van der Waals surface area contributed by atoms with Gasteiger partial charge in [0.15, 0.2) is 0 Å². The highest BCUT2D eigenvalue weighted by Crippen LogP contribution is 2.20. The molecule has 2 amide bonds. The first-order valence-corrected chi connectivity index (χ1v) is 9.52. The van der Waals surface area contributed by atoms with Gasteiger partial charge in [-0.15, -0.1) is 0 Å². The maximum atomic E-state index is 12.6. The summed E-state index contributed by atoms with van der Waals surface area (Å²) < 4.78 is 5.55. The van der Waals surface area contributed by atoms with Crippen LogP contribution in [0, 0.1) is 0 Å². The molecule has 0 saturated carbocycles. The van der Waals surface area contributed by atoms with Gasteiger partial charge in [-0.2, -0.15) is 0 Å². The Morgan fingerprint density at radius 1 is 1.15 bits per heavy atom. The standard InChI is InChI=1S/C21H28N2O4/c1-16(10-5-2-3-8-14-19(22)24)27-21(26)18-13-9-15-23(18)20(25)17-11-6-4-7-12-17/h4,6-7,9,11-12,15-16,18H,2-3,5,8,10,13-14H2,1H3,(H2,22,24)/t16-,18+/m1/s1. The highest BCUT2D eigenvalue weighted by molar-refractivity contribution is 5.98. The zero-order chi connectivity index (χ0) is 19.6. The first-order valence-electron chi connectivity index (χ1n) is 9.52. The summed E-state index contributed by atoms with van der Waals surface area (Å²) in [6.45, 7) is 1.87. The number of benzene rings is 1. The van der Waals surface area contributed by atoms with E-state index in [0.717, 1.165) is 32.1 Å². The van der Waals surface area contributed by atoms with Gasteiger partial charge in [-0.05, 0) is 44.7 Å². The molecule has 0 aliphatic carbocycles. The van der Waals surface area contributed by atoms with Crippen molar-refractivity contribution in [3.05, 3.63) is 48.2 Å². The molecule has 2 rings (SSSR count). The van der Waals surface area contributed by atoms with Crippen LogP contribution in [0.5, 0.6) is 0 Å². The minimum Gasteiger partial charge on any atom is -0.461 e. The zero-order valence-electron chi connectivity index (χ0n) is 15.8. The lowest BCUT2D eigenvalue weighted by Gasteiger charge is -2.24. The Bertz CT molecular complexity index is 672. The fraction of sp³-hybridized carbons (Fsp3) is 0.476. The summed E-state index contributed by atoms with van der Waals surface area (Å²) in [5.41, 5.74) is 5.66. The molecular weight excluding hydrogens is 344 g/mol. The average Bonchev–Trinajstić information content (AvgIpc) is 3.14. The van der Waals surface area contributed by atoms with E-state index in [1.54, 1.807) is 30.5 Å². The van der Waals surface area contributed by atoms with Crippen LogP contribution in [-0.4, -0.2) is 34.8 Å². The van der Waals surface area contributed by atoms with E-state index in [9.17, 15) is 14.4 Å². The summed E-state index contributed by atoms with van der Waals surface area (Å²) in [5, 5.41) is 0. The highest BCUT2D eigenvalue weighted by Gasteiger charge is 2.33. The summed E-state index contributed by atoms with van der Waals surface area (Å²) in [4.78, 5) is 37.2. The van der Waals surface area contributed by atoms with E-state index in [2.05, 4.69) is 0 Å². The third-order valence-corrected chi connectivity index (χ3v) is 4.59. The molecule has 0 spiro atoms. The van der Waals surface area contributed by atoms with Crippen LogP contribution in [0.4, 0.5) is 0 Å². The molecule has 27 heavy (non-hydrogen) atoms. The third-order valence-electron chi connectivity index (χ3n) is 4.59. The van der Waals surface area contributed by atoms with Crippen LogP contribution < -0.4 is 5.73 Å². The van der Waals surface area contributed by atoms with Crippen LogP contribution in [0.25, 0.3) is 0 Å². The largest absolute Gasteiger partial charge is 0.461 e. The highest BCUT2D eigenvalue weighted by atomic mass is 16.5. The molecule has 1 aliphatic rings. The van der Waals surface area contributed by atoms with Gasteiger partial charge in [-0.25, -0.2) is 4.79 Å². The Balaban J connectivity index is 1.76. The summed E-state index contributed by atoms with van der Waals surface area (Å²) in [7, 11) is 0. The van der Waals surface area contributed by atoms with Gasteiger partial charge in [0.2, 0.25) is 5.91 Å². The van der Waals surface area contributed by atoms with Gasteiger partial charge in [-0.1, -0.05) is 37.1 Å². The van der Waals surface area contributed by atoms with Crippen LogP contribution in [0.3, 0.4) is 0 Å². The zero-order valence-corrected chi connectivity index (χ0v) is 15.8. The van der Waals surface area contributed by atoms with Crippen molar-refractivity contribution in [3.63, 3.8) is 0 Å². The number of esters is 1. The van der Waals surface area contributed by atoms with Gasteiger partial charge in [0.1, 0.15) is 6.04 Å². The minimum absolute atomic E-state index is 0.201. The van der Waals surface area contributed by atoms with Crippen LogP contribution in [0.15, 0.2) is 42.6 Å². The first-order chi connectivity index (χ1) is 13.0. The molecule has 0 radical (unpaired) electrons. The molecule has 0 fully saturated rings. The van der Waals surface area contributed by atoms with Crippen molar-refractivity contribution in [3.8, 4) is 0 Å². The predicted octanol–water partition coefficient (Wildman–Crippen LogP) is 3.17. The maximum Gasteiger partial charge on any atom is 0.329 e. The van der Waals surface area contributed by atoms with Crippen molar-refractivity contribution >= 4 is 17.8 Å². The Labute approximate surface area is 160 Å². The van der Waals surface area contributed by atoms with E-state index in [4.69, 9.17) is 10.5 Å². The van der Waals surface area contributed by atoms with Gasteiger partial charge < -0.3 is 15.4 Å². The number of carbonyl (C=O) groups excluding carboxylic acids is 3. The molecule has 0 bridgehead atoms. The normalized spacial score (nSPS) is 16.9. The molecule has 0 unspecified atom stereocenters. The van der Waals surface area contributed by atoms with E-state index < -0.39 is 6.04 Å². The number of ether oxygens (including phenoxy) is 1.